The van der Waals surface area contributed by atoms with Crippen molar-refractivity contribution in [2.75, 3.05) is 44.2 Å². The third kappa shape index (κ3) is 4.03. The van der Waals surface area contributed by atoms with Crippen LogP contribution in [-0.2, 0) is 9.53 Å². The van der Waals surface area contributed by atoms with E-state index >= 15 is 0 Å². The van der Waals surface area contributed by atoms with E-state index < -0.39 is 5.97 Å². The van der Waals surface area contributed by atoms with E-state index in [1.807, 2.05) is 18.2 Å². The van der Waals surface area contributed by atoms with Gasteiger partial charge in [-0.25, -0.2) is 4.79 Å². The summed E-state index contributed by atoms with van der Waals surface area (Å²) in [7, 11) is 0. The maximum Gasteiger partial charge on any atom is 1.00 e. The van der Waals surface area contributed by atoms with Crippen molar-refractivity contribution in [1.29, 1.82) is 0 Å². The van der Waals surface area contributed by atoms with Gasteiger partial charge in [-0.2, -0.15) is 0 Å². The SMILES string of the molecule is C=C(C)C(=O)OCCN1C(=O)c2cccc3c(N4CC[N-]CC4)ccc(c23)C1=O.[Na+]. The fourth-order valence-electron chi connectivity index (χ4n) is 3.81. The Kier molecular flexibility index (Phi) is 6.98. The molecule has 2 aliphatic heterocycles. The Morgan fingerprint density at radius 3 is 2.43 bits per heavy atom. The molecule has 0 spiro atoms. The molecule has 7 nitrogen and oxygen atoms in total. The average molecular weight is 415 g/mol. The molecule has 150 valence electrons. The van der Waals surface area contributed by atoms with Crippen molar-refractivity contribution in [3.8, 4) is 0 Å². The Bertz CT molecular complexity index is 1010. The molecule has 0 aliphatic carbocycles. The smallest absolute Gasteiger partial charge is 0.659 e. The van der Waals surface area contributed by atoms with Crippen LogP contribution in [0.15, 0.2) is 42.5 Å². The Morgan fingerprint density at radius 1 is 1.10 bits per heavy atom. The van der Waals surface area contributed by atoms with Gasteiger partial charge in [0.2, 0.25) is 0 Å². The van der Waals surface area contributed by atoms with Crippen LogP contribution in [0.25, 0.3) is 16.1 Å². The van der Waals surface area contributed by atoms with Crippen LogP contribution in [0.3, 0.4) is 0 Å². The zero-order valence-corrected chi connectivity index (χ0v) is 19.3. The molecule has 0 radical (unpaired) electrons. The number of anilines is 1. The average Bonchev–Trinajstić information content (AvgIpc) is 2.74. The van der Waals surface area contributed by atoms with Gasteiger partial charge in [0.15, 0.2) is 0 Å². The summed E-state index contributed by atoms with van der Waals surface area (Å²) in [4.78, 5) is 41.0. The van der Waals surface area contributed by atoms with Crippen molar-refractivity contribution in [1.82, 2.24) is 4.90 Å². The van der Waals surface area contributed by atoms with E-state index in [1.165, 1.54) is 0 Å². The van der Waals surface area contributed by atoms with Crippen molar-refractivity contribution in [3.63, 3.8) is 0 Å². The quantitative estimate of drug-likeness (QED) is 0.291. The molecule has 2 amide bonds. The van der Waals surface area contributed by atoms with Crippen molar-refractivity contribution >= 4 is 34.2 Å². The number of piperazine rings is 1. The zero-order valence-electron chi connectivity index (χ0n) is 17.3. The molecule has 0 N–H and O–H groups in total. The zero-order chi connectivity index (χ0) is 20.5. The fraction of sp³-hybridized carbons (Fsp3) is 0.318. The number of esters is 1. The van der Waals surface area contributed by atoms with Crippen LogP contribution in [-0.4, -0.2) is 62.0 Å². The van der Waals surface area contributed by atoms with E-state index in [2.05, 4.69) is 16.8 Å². The first-order valence-electron chi connectivity index (χ1n) is 9.62. The van der Waals surface area contributed by atoms with Crippen LogP contribution >= 0.6 is 0 Å². The second-order valence-corrected chi connectivity index (χ2v) is 7.20. The molecular formula is C22H22N3NaO4. The number of hydrogen-bond acceptors (Lipinski definition) is 5. The molecule has 0 atom stereocenters. The molecule has 2 aromatic carbocycles. The van der Waals surface area contributed by atoms with Gasteiger partial charge in [0, 0.05) is 33.2 Å². The van der Waals surface area contributed by atoms with Crippen molar-refractivity contribution in [2.24, 2.45) is 0 Å². The van der Waals surface area contributed by atoms with E-state index in [9.17, 15) is 14.4 Å². The number of amides is 2. The number of benzene rings is 2. The Balaban J connectivity index is 0.00000256. The molecule has 8 heteroatoms. The fourth-order valence-corrected chi connectivity index (χ4v) is 3.81. The summed E-state index contributed by atoms with van der Waals surface area (Å²) in [6.45, 7) is 8.19. The Morgan fingerprint density at radius 2 is 1.77 bits per heavy atom. The first-order chi connectivity index (χ1) is 14.0. The first kappa shape index (κ1) is 22.5. The topological polar surface area (TPSA) is 81.0 Å². The molecular weight excluding hydrogens is 393 g/mol. The molecule has 1 saturated heterocycles. The van der Waals surface area contributed by atoms with Gasteiger partial charge < -0.3 is 15.0 Å². The minimum atomic E-state index is -0.540. The van der Waals surface area contributed by atoms with Gasteiger partial charge in [-0.1, -0.05) is 18.7 Å². The van der Waals surface area contributed by atoms with Gasteiger partial charge in [-0.15, -0.1) is 13.1 Å². The summed E-state index contributed by atoms with van der Waals surface area (Å²) >= 11 is 0. The van der Waals surface area contributed by atoms with Gasteiger partial charge in [0.05, 0.1) is 6.54 Å². The molecule has 0 unspecified atom stereocenters. The van der Waals surface area contributed by atoms with Crippen LogP contribution in [0.1, 0.15) is 27.6 Å². The molecule has 0 aromatic heterocycles. The molecule has 4 rings (SSSR count). The second-order valence-electron chi connectivity index (χ2n) is 7.20. The van der Waals surface area contributed by atoms with Gasteiger partial charge in [-0.3, -0.25) is 14.5 Å². The second kappa shape index (κ2) is 9.31. The van der Waals surface area contributed by atoms with Gasteiger partial charge >= 0.3 is 35.5 Å². The number of carbonyl (C=O) groups is 3. The van der Waals surface area contributed by atoms with E-state index in [0.29, 0.717) is 16.5 Å². The number of rotatable bonds is 5. The minimum absolute atomic E-state index is 0. The van der Waals surface area contributed by atoms with Crippen molar-refractivity contribution in [3.05, 3.63) is 58.9 Å². The predicted octanol–water partition coefficient (Wildman–Crippen LogP) is -0.247. The van der Waals surface area contributed by atoms with E-state index in [0.717, 1.165) is 42.2 Å². The molecule has 0 saturated carbocycles. The maximum atomic E-state index is 13.0. The number of carbonyl (C=O) groups excluding carboxylic acids is 3. The minimum Gasteiger partial charge on any atom is -0.659 e. The molecule has 30 heavy (non-hydrogen) atoms. The van der Waals surface area contributed by atoms with E-state index in [-0.39, 0.29) is 60.1 Å². The van der Waals surface area contributed by atoms with Crippen LogP contribution in [0.5, 0.6) is 0 Å². The third-order valence-corrected chi connectivity index (χ3v) is 5.26. The monoisotopic (exact) mass is 415 g/mol. The Labute approximate surface area is 197 Å². The van der Waals surface area contributed by atoms with Crippen LogP contribution in [0.4, 0.5) is 5.69 Å². The van der Waals surface area contributed by atoms with Crippen LogP contribution in [0.2, 0.25) is 0 Å². The molecule has 2 aromatic rings. The van der Waals surface area contributed by atoms with Gasteiger partial charge in [0.25, 0.3) is 11.8 Å². The summed E-state index contributed by atoms with van der Waals surface area (Å²) in [5.41, 5.74) is 2.28. The van der Waals surface area contributed by atoms with Crippen LogP contribution < -0.4 is 34.5 Å². The Hall–Kier alpha value is -2.19. The molecule has 2 heterocycles. The standard InChI is InChI=1S/C22H22N3O4.Na/c1-14(2)22(28)29-13-12-25-20(26)16-5-3-4-15-18(24-10-8-23-9-11-24)7-6-17(19(15)16)21(25)27;/h3-7H,1,8-13H2,2H3;/q-1;+1. The number of hydrogen-bond donors (Lipinski definition) is 0. The summed E-state index contributed by atoms with van der Waals surface area (Å²) in [5, 5.41) is 5.98. The predicted molar refractivity (Wildman–Crippen MR) is 110 cm³/mol. The van der Waals surface area contributed by atoms with Gasteiger partial charge in [0.1, 0.15) is 6.61 Å². The largest absolute Gasteiger partial charge is 1.00 e. The molecule has 2 aliphatic rings. The van der Waals surface area contributed by atoms with Crippen LogP contribution in [0, 0.1) is 0 Å². The number of ether oxygens (including phenoxy) is 1. The summed E-state index contributed by atoms with van der Waals surface area (Å²) < 4.78 is 5.06. The number of nitrogens with zero attached hydrogens (tertiary/aromatic N) is 3. The maximum absolute atomic E-state index is 13.0. The first-order valence-corrected chi connectivity index (χ1v) is 9.62. The molecule has 1 fully saturated rings. The van der Waals surface area contributed by atoms with Gasteiger partial charge in [-0.05, 0) is 38.2 Å². The van der Waals surface area contributed by atoms with Crippen molar-refractivity contribution in [2.45, 2.75) is 6.92 Å². The summed E-state index contributed by atoms with van der Waals surface area (Å²) in [6, 6.07) is 9.26. The van der Waals surface area contributed by atoms with Crippen molar-refractivity contribution < 1.29 is 48.7 Å². The third-order valence-electron chi connectivity index (χ3n) is 5.26. The molecule has 0 bridgehead atoms. The van der Waals surface area contributed by atoms with E-state index in [1.54, 1.807) is 19.1 Å². The summed E-state index contributed by atoms with van der Waals surface area (Å²) in [6.07, 6.45) is 0. The number of imide groups is 1. The normalized spacial score (nSPS) is 15.8. The van der Waals surface area contributed by atoms with E-state index in [4.69, 9.17) is 4.74 Å². The summed E-state index contributed by atoms with van der Waals surface area (Å²) in [5.74, 6) is -1.28.